The van der Waals surface area contributed by atoms with E-state index < -0.39 is 0 Å². The molecule has 1 heterocycles. The number of rotatable bonds is 7. The molecule has 0 radical (unpaired) electrons. The molecule has 2 N–H and O–H groups in total. The Morgan fingerprint density at radius 2 is 2.47 bits per heavy atom. The predicted molar refractivity (Wildman–Crippen MR) is 58.4 cm³/mol. The number of aryl methyl sites for hydroxylation is 1. The number of aromatic nitrogens is 3. The highest BCUT2D eigenvalue weighted by atomic mass is 35.5. The van der Waals surface area contributed by atoms with Crippen molar-refractivity contribution in [1.82, 2.24) is 20.3 Å². The van der Waals surface area contributed by atoms with Gasteiger partial charge in [0, 0.05) is 37.5 Å². The standard InChI is InChI=1S/C9H15ClN4O/c1-8(10)5-11-6-9-7-14(13-12-9)3-2-4-15/h7,11,15H,1-6H2. The third kappa shape index (κ3) is 4.92. The van der Waals surface area contributed by atoms with Crippen LogP contribution in [0.15, 0.2) is 17.8 Å². The Kier molecular flexibility index (Phi) is 5.31. The fourth-order valence-electron chi connectivity index (χ4n) is 1.09. The number of halogens is 1. The number of aliphatic hydroxyl groups excluding tert-OH is 1. The molecule has 84 valence electrons. The number of hydrogen-bond acceptors (Lipinski definition) is 4. The molecule has 15 heavy (non-hydrogen) atoms. The van der Waals surface area contributed by atoms with E-state index in [2.05, 4.69) is 22.2 Å². The minimum atomic E-state index is 0.166. The van der Waals surface area contributed by atoms with Gasteiger partial charge in [-0.15, -0.1) is 5.10 Å². The van der Waals surface area contributed by atoms with Crippen molar-refractivity contribution in [1.29, 1.82) is 0 Å². The second-order valence-corrected chi connectivity index (χ2v) is 3.71. The second kappa shape index (κ2) is 6.55. The Morgan fingerprint density at radius 3 is 3.13 bits per heavy atom. The first kappa shape index (κ1) is 12.2. The predicted octanol–water partition coefficient (Wildman–Crippen LogP) is 0.503. The van der Waals surface area contributed by atoms with Gasteiger partial charge in [0.15, 0.2) is 0 Å². The average molecular weight is 231 g/mol. The lowest BCUT2D eigenvalue weighted by molar-refractivity contribution is 0.276. The summed E-state index contributed by atoms with van der Waals surface area (Å²) in [5, 5.41) is 20.2. The monoisotopic (exact) mass is 230 g/mol. The maximum Gasteiger partial charge on any atom is 0.0964 e. The maximum atomic E-state index is 8.64. The maximum absolute atomic E-state index is 8.64. The van der Waals surface area contributed by atoms with Crippen molar-refractivity contribution in [3.63, 3.8) is 0 Å². The first-order valence-corrected chi connectivity index (χ1v) is 5.14. The highest BCUT2D eigenvalue weighted by Gasteiger charge is 1.99. The molecule has 0 amide bonds. The molecule has 5 nitrogen and oxygen atoms in total. The van der Waals surface area contributed by atoms with Crippen LogP contribution in [0.5, 0.6) is 0 Å². The van der Waals surface area contributed by atoms with Crippen LogP contribution in [0.25, 0.3) is 0 Å². The normalized spacial score (nSPS) is 10.5. The largest absolute Gasteiger partial charge is 0.396 e. The third-order valence-corrected chi connectivity index (χ3v) is 1.89. The van der Waals surface area contributed by atoms with E-state index in [0.717, 1.165) is 5.69 Å². The second-order valence-electron chi connectivity index (χ2n) is 3.17. The Labute approximate surface area is 93.7 Å². The van der Waals surface area contributed by atoms with Crippen LogP contribution in [-0.4, -0.2) is 33.3 Å². The van der Waals surface area contributed by atoms with Gasteiger partial charge in [0.2, 0.25) is 0 Å². The van der Waals surface area contributed by atoms with E-state index >= 15 is 0 Å². The molecule has 0 spiro atoms. The van der Waals surface area contributed by atoms with Gasteiger partial charge in [-0.25, -0.2) is 0 Å². The van der Waals surface area contributed by atoms with Crippen LogP contribution in [-0.2, 0) is 13.1 Å². The van der Waals surface area contributed by atoms with E-state index in [1.54, 1.807) is 4.68 Å². The number of nitrogens with one attached hydrogen (secondary N) is 1. The Hall–Kier alpha value is -0.910. The van der Waals surface area contributed by atoms with E-state index in [1.165, 1.54) is 0 Å². The summed E-state index contributed by atoms with van der Waals surface area (Å²) in [6.45, 7) is 5.59. The van der Waals surface area contributed by atoms with E-state index in [-0.39, 0.29) is 6.61 Å². The van der Waals surface area contributed by atoms with Gasteiger partial charge in [-0.2, -0.15) is 0 Å². The van der Waals surface area contributed by atoms with Crippen molar-refractivity contribution >= 4 is 11.6 Å². The lowest BCUT2D eigenvalue weighted by Crippen LogP contribution is -2.14. The molecule has 0 aromatic carbocycles. The SMILES string of the molecule is C=C(Cl)CNCc1cn(CCCO)nn1. The zero-order valence-corrected chi connectivity index (χ0v) is 9.24. The van der Waals surface area contributed by atoms with Crippen LogP contribution in [0.4, 0.5) is 0 Å². The van der Waals surface area contributed by atoms with Gasteiger partial charge in [-0.1, -0.05) is 23.4 Å². The average Bonchev–Trinajstić information content (AvgIpc) is 2.62. The molecule has 0 aliphatic rings. The molecule has 1 rings (SSSR count). The summed E-state index contributed by atoms with van der Waals surface area (Å²) < 4.78 is 1.71. The summed E-state index contributed by atoms with van der Waals surface area (Å²) >= 11 is 5.59. The molecule has 0 atom stereocenters. The fourth-order valence-corrected chi connectivity index (χ4v) is 1.18. The van der Waals surface area contributed by atoms with Gasteiger partial charge in [-0.05, 0) is 6.42 Å². The molecular formula is C9H15ClN4O. The van der Waals surface area contributed by atoms with Crippen molar-refractivity contribution in [3.05, 3.63) is 23.5 Å². The van der Waals surface area contributed by atoms with Crippen molar-refractivity contribution in [2.45, 2.75) is 19.5 Å². The molecular weight excluding hydrogens is 216 g/mol. The molecule has 1 aromatic rings. The van der Waals surface area contributed by atoms with Crippen LogP contribution in [0.2, 0.25) is 0 Å². The molecule has 1 aromatic heterocycles. The minimum absolute atomic E-state index is 0.166. The lowest BCUT2D eigenvalue weighted by Gasteiger charge is -1.98. The Balaban J connectivity index is 2.29. The molecule has 0 unspecified atom stereocenters. The summed E-state index contributed by atoms with van der Waals surface area (Å²) in [4.78, 5) is 0. The highest BCUT2D eigenvalue weighted by Crippen LogP contribution is 1.96. The van der Waals surface area contributed by atoms with E-state index in [9.17, 15) is 0 Å². The topological polar surface area (TPSA) is 63.0 Å². The Morgan fingerprint density at radius 1 is 1.67 bits per heavy atom. The third-order valence-electron chi connectivity index (χ3n) is 1.75. The van der Waals surface area contributed by atoms with Crippen LogP contribution < -0.4 is 5.32 Å². The number of hydrogen-bond donors (Lipinski definition) is 2. The molecule has 0 aliphatic carbocycles. The molecule has 0 bridgehead atoms. The number of nitrogens with zero attached hydrogens (tertiary/aromatic N) is 3. The van der Waals surface area contributed by atoms with Crippen LogP contribution >= 0.6 is 11.6 Å². The van der Waals surface area contributed by atoms with Gasteiger partial charge in [0.25, 0.3) is 0 Å². The molecule has 0 saturated heterocycles. The molecule has 0 aliphatic heterocycles. The van der Waals surface area contributed by atoms with E-state index in [1.807, 2.05) is 6.20 Å². The number of aliphatic hydroxyl groups is 1. The summed E-state index contributed by atoms with van der Waals surface area (Å²) in [7, 11) is 0. The van der Waals surface area contributed by atoms with Gasteiger partial charge >= 0.3 is 0 Å². The molecule has 0 saturated carbocycles. The van der Waals surface area contributed by atoms with Crippen LogP contribution in [0, 0.1) is 0 Å². The Bertz CT molecular complexity index is 313. The van der Waals surface area contributed by atoms with Gasteiger partial charge in [0.05, 0.1) is 5.69 Å². The van der Waals surface area contributed by atoms with Crippen molar-refractivity contribution in [3.8, 4) is 0 Å². The van der Waals surface area contributed by atoms with Crippen molar-refractivity contribution in [2.24, 2.45) is 0 Å². The first-order chi connectivity index (χ1) is 7.22. The lowest BCUT2D eigenvalue weighted by atomic mass is 10.4. The zero-order chi connectivity index (χ0) is 11.1. The summed E-state index contributed by atoms with van der Waals surface area (Å²) in [5.74, 6) is 0. The molecule has 0 fully saturated rings. The van der Waals surface area contributed by atoms with E-state index in [4.69, 9.17) is 16.7 Å². The smallest absolute Gasteiger partial charge is 0.0964 e. The summed E-state index contributed by atoms with van der Waals surface area (Å²) in [5.41, 5.74) is 0.853. The summed E-state index contributed by atoms with van der Waals surface area (Å²) in [6, 6.07) is 0. The zero-order valence-electron chi connectivity index (χ0n) is 8.49. The van der Waals surface area contributed by atoms with Crippen LogP contribution in [0.1, 0.15) is 12.1 Å². The minimum Gasteiger partial charge on any atom is -0.396 e. The van der Waals surface area contributed by atoms with Gasteiger partial charge < -0.3 is 10.4 Å². The summed E-state index contributed by atoms with van der Waals surface area (Å²) in [6.07, 6.45) is 2.54. The van der Waals surface area contributed by atoms with Crippen molar-refractivity contribution in [2.75, 3.05) is 13.2 Å². The van der Waals surface area contributed by atoms with Gasteiger partial charge in [0.1, 0.15) is 0 Å². The highest BCUT2D eigenvalue weighted by molar-refractivity contribution is 6.29. The van der Waals surface area contributed by atoms with Crippen molar-refractivity contribution < 1.29 is 5.11 Å². The molecule has 6 heteroatoms. The van der Waals surface area contributed by atoms with Crippen LogP contribution in [0.3, 0.4) is 0 Å². The van der Waals surface area contributed by atoms with Gasteiger partial charge in [-0.3, -0.25) is 4.68 Å². The quantitative estimate of drug-likeness (QED) is 0.716. The van der Waals surface area contributed by atoms with E-state index in [0.29, 0.717) is 31.1 Å². The first-order valence-electron chi connectivity index (χ1n) is 4.76. The fraction of sp³-hybridized carbons (Fsp3) is 0.556.